The van der Waals surface area contributed by atoms with Crippen LogP contribution in [-0.2, 0) is 17.5 Å². The van der Waals surface area contributed by atoms with Gasteiger partial charge in [0.25, 0.3) is 0 Å². The van der Waals surface area contributed by atoms with E-state index in [-0.39, 0.29) is 5.92 Å². The Hall–Kier alpha value is -0.830. The van der Waals surface area contributed by atoms with Crippen LogP contribution in [0.3, 0.4) is 0 Å². The molecule has 0 amide bonds. The van der Waals surface area contributed by atoms with Gasteiger partial charge in [-0.05, 0) is 59.5 Å². The van der Waals surface area contributed by atoms with Crippen LogP contribution < -0.4 is 0 Å². The lowest BCUT2D eigenvalue weighted by molar-refractivity contribution is -0.147. The van der Waals surface area contributed by atoms with Crippen molar-refractivity contribution < 1.29 is 17.9 Å². The highest BCUT2D eigenvalue weighted by Gasteiger charge is 2.38. The molecule has 1 fully saturated rings. The molecule has 114 valence electrons. The Morgan fingerprint density at radius 2 is 2.00 bits per heavy atom. The van der Waals surface area contributed by atoms with E-state index in [1.807, 2.05) is 6.07 Å². The third-order valence-electron chi connectivity index (χ3n) is 3.75. The van der Waals surface area contributed by atoms with E-state index in [9.17, 15) is 13.2 Å². The van der Waals surface area contributed by atoms with Gasteiger partial charge in [-0.25, -0.2) is 4.98 Å². The van der Waals surface area contributed by atoms with Crippen molar-refractivity contribution in [3.8, 4) is 0 Å². The first kappa shape index (κ1) is 15.1. The number of halogens is 4. The van der Waals surface area contributed by atoms with E-state index in [1.165, 1.54) is 4.57 Å². The highest BCUT2D eigenvalue weighted by Crippen LogP contribution is 2.33. The molecule has 0 saturated carbocycles. The van der Waals surface area contributed by atoms with Crippen LogP contribution in [0.15, 0.2) is 18.2 Å². The van der Waals surface area contributed by atoms with Gasteiger partial charge in [0.1, 0.15) is 0 Å². The molecule has 0 atom stereocenters. The highest BCUT2D eigenvalue weighted by molar-refractivity contribution is 14.1. The second-order valence-electron chi connectivity index (χ2n) is 5.23. The summed E-state index contributed by atoms with van der Waals surface area (Å²) >= 11 is 2.08. The molecule has 0 spiro atoms. The SMILES string of the molecule is FC(F)(F)c1nc2cc(I)ccc2n1CC1CCOCC1. The summed E-state index contributed by atoms with van der Waals surface area (Å²) in [4.78, 5) is 3.81. The maximum atomic E-state index is 13.2. The summed E-state index contributed by atoms with van der Waals surface area (Å²) in [6.45, 7) is 1.59. The van der Waals surface area contributed by atoms with Crippen molar-refractivity contribution in [1.82, 2.24) is 9.55 Å². The molecule has 0 bridgehead atoms. The largest absolute Gasteiger partial charge is 0.449 e. The van der Waals surface area contributed by atoms with Crippen LogP contribution in [0.2, 0.25) is 0 Å². The van der Waals surface area contributed by atoms with Gasteiger partial charge in [-0.1, -0.05) is 0 Å². The smallest absolute Gasteiger partial charge is 0.381 e. The molecule has 3 nitrogen and oxygen atoms in total. The number of aromatic nitrogens is 2. The Morgan fingerprint density at radius 1 is 1.29 bits per heavy atom. The zero-order valence-corrected chi connectivity index (χ0v) is 13.3. The van der Waals surface area contributed by atoms with Crippen LogP contribution in [-0.4, -0.2) is 22.8 Å². The molecule has 1 aliphatic rings. The van der Waals surface area contributed by atoms with Crippen molar-refractivity contribution >= 4 is 33.6 Å². The fraction of sp³-hybridized carbons (Fsp3) is 0.500. The average Bonchev–Trinajstić information content (AvgIpc) is 2.78. The topological polar surface area (TPSA) is 27.1 Å². The number of ether oxygens (including phenoxy) is 1. The molecule has 1 saturated heterocycles. The molecule has 0 unspecified atom stereocenters. The van der Waals surface area contributed by atoms with Crippen molar-refractivity contribution in [2.45, 2.75) is 25.6 Å². The lowest BCUT2D eigenvalue weighted by atomic mass is 10.0. The summed E-state index contributed by atoms with van der Waals surface area (Å²) in [6.07, 6.45) is -2.85. The lowest BCUT2D eigenvalue weighted by Gasteiger charge is -2.23. The summed E-state index contributed by atoms with van der Waals surface area (Å²) in [6, 6.07) is 5.22. The predicted octanol–water partition coefficient (Wildman–Crippen LogP) is 4.09. The fourth-order valence-corrected chi connectivity index (χ4v) is 3.17. The average molecular weight is 410 g/mol. The van der Waals surface area contributed by atoms with Crippen LogP contribution in [0.5, 0.6) is 0 Å². The number of hydrogen-bond acceptors (Lipinski definition) is 2. The van der Waals surface area contributed by atoms with Crippen LogP contribution >= 0.6 is 22.6 Å². The monoisotopic (exact) mass is 410 g/mol. The van der Waals surface area contributed by atoms with Crippen LogP contribution in [0, 0.1) is 9.49 Å². The second-order valence-corrected chi connectivity index (χ2v) is 6.48. The van der Waals surface area contributed by atoms with Crippen LogP contribution in [0.1, 0.15) is 18.7 Å². The molecule has 0 radical (unpaired) electrons. The van der Waals surface area contributed by atoms with Gasteiger partial charge in [-0.3, -0.25) is 0 Å². The molecular formula is C14H14F3IN2O. The van der Waals surface area contributed by atoms with Gasteiger partial charge in [0.15, 0.2) is 0 Å². The molecule has 3 rings (SSSR count). The molecule has 0 N–H and O–H groups in total. The van der Waals surface area contributed by atoms with Crippen molar-refractivity contribution in [1.29, 1.82) is 0 Å². The second kappa shape index (κ2) is 5.75. The van der Waals surface area contributed by atoms with E-state index in [4.69, 9.17) is 4.74 Å². The Morgan fingerprint density at radius 3 is 2.67 bits per heavy atom. The Kier molecular flexibility index (Phi) is 4.13. The first-order valence-corrected chi connectivity index (χ1v) is 7.84. The fourth-order valence-electron chi connectivity index (χ4n) is 2.69. The minimum absolute atomic E-state index is 0.205. The lowest BCUT2D eigenvalue weighted by Crippen LogP contribution is -2.23. The Balaban J connectivity index is 2.04. The van der Waals surface area contributed by atoms with E-state index in [1.54, 1.807) is 12.1 Å². The number of fused-ring (bicyclic) bond motifs is 1. The summed E-state index contributed by atoms with van der Waals surface area (Å²) in [7, 11) is 0. The summed E-state index contributed by atoms with van der Waals surface area (Å²) in [5.74, 6) is -0.595. The number of imidazole rings is 1. The molecule has 1 aliphatic heterocycles. The van der Waals surface area contributed by atoms with Crippen molar-refractivity contribution in [2.75, 3.05) is 13.2 Å². The molecule has 1 aromatic heterocycles. The van der Waals surface area contributed by atoms with Crippen molar-refractivity contribution in [3.05, 3.63) is 27.6 Å². The van der Waals surface area contributed by atoms with E-state index >= 15 is 0 Å². The Bertz CT molecular complexity index is 647. The third kappa shape index (κ3) is 3.18. The number of nitrogens with zero attached hydrogens (tertiary/aromatic N) is 2. The van der Waals surface area contributed by atoms with Gasteiger partial charge in [0, 0.05) is 23.3 Å². The van der Waals surface area contributed by atoms with Crippen molar-refractivity contribution in [3.63, 3.8) is 0 Å². The molecule has 1 aromatic carbocycles. The van der Waals surface area contributed by atoms with Crippen LogP contribution in [0.4, 0.5) is 13.2 Å². The minimum atomic E-state index is -4.43. The number of benzene rings is 1. The maximum Gasteiger partial charge on any atom is 0.449 e. The Labute approximate surface area is 133 Å². The molecule has 2 heterocycles. The number of alkyl halides is 3. The first-order valence-electron chi connectivity index (χ1n) is 6.76. The van der Waals surface area contributed by atoms with Gasteiger partial charge in [-0.15, -0.1) is 0 Å². The molecule has 0 aliphatic carbocycles. The number of hydrogen-bond donors (Lipinski definition) is 0. The quantitative estimate of drug-likeness (QED) is 0.698. The van der Waals surface area contributed by atoms with Gasteiger partial charge >= 0.3 is 6.18 Å². The normalized spacial score (nSPS) is 17.5. The van der Waals surface area contributed by atoms with Crippen molar-refractivity contribution in [2.24, 2.45) is 5.92 Å². The van der Waals surface area contributed by atoms with E-state index in [2.05, 4.69) is 27.6 Å². The summed E-state index contributed by atoms with van der Waals surface area (Å²) < 4.78 is 47.2. The van der Waals surface area contributed by atoms with E-state index < -0.39 is 12.0 Å². The standard InChI is InChI=1S/C14H14F3IN2O/c15-14(16,17)13-19-11-7-10(18)1-2-12(11)20(13)8-9-3-5-21-6-4-9/h1-2,7,9H,3-6,8H2. The molecule has 21 heavy (non-hydrogen) atoms. The first-order chi connectivity index (χ1) is 9.95. The molecule has 2 aromatic rings. The van der Waals surface area contributed by atoms with Crippen LogP contribution in [0.25, 0.3) is 11.0 Å². The highest BCUT2D eigenvalue weighted by atomic mass is 127. The van der Waals surface area contributed by atoms with Gasteiger partial charge in [0.05, 0.1) is 11.0 Å². The van der Waals surface area contributed by atoms with Gasteiger partial charge in [0.2, 0.25) is 5.82 Å². The third-order valence-corrected chi connectivity index (χ3v) is 4.42. The summed E-state index contributed by atoms with van der Waals surface area (Å²) in [5, 5.41) is 0. The maximum absolute atomic E-state index is 13.2. The van der Waals surface area contributed by atoms with Gasteiger partial charge in [-0.2, -0.15) is 13.2 Å². The van der Waals surface area contributed by atoms with Gasteiger partial charge < -0.3 is 9.30 Å². The van der Waals surface area contributed by atoms with E-state index in [0.717, 1.165) is 16.4 Å². The predicted molar refractivity (Wildman–Crippen MR) is 81.0 cm³/mol. The zero-order chi connectivity index (χ0) is 15.0. The zero-order valence-electron chi connectivity index (χ0n) is 11.2. The summed E-state index contributed by atoms with van der Waals surface area (Å²) in [5.41, 5.74) is 0.954. The molecular weight excluding hydrogens is 396 g/mol. The minimum Gasteiger partial charge on any atom is -0.381 e. The van der Waals surface area contributed by atoms with E-state index in [0.29, 0.717) is 30.8 Å². The number of rotatable bonds is 2. The molecule has 7 heteroatoms.